The molecule has 3 heterocycles. The van der Waals surface area contributed by atoms with E-state index in [4.69, 9.17) is 14.2 Å². The topological polar surface area (TPSA) is 78.9 Å². The van der Waals surface area contributed by atoms with Crippen molar-refractivity contribution in [3.8, 4) is 5.75 Å². The first-order chi connectivity index (χ1) is 16.2. The molecule has 2 unspecified atom stereocenters. The fraction of sp³-hybridized carbons (Fsp3) is 0.520. The first-order valence-electron chi connectivity index (χ1n) is 11.4. The number of carbonyl (C=O) groups excluding carboxylic acids is 1. The molecule has 2 aliphatic heterocycles. The van der Waals surface area contributed by atoms with Crippen molar-refractivity contribution in [2.75, 3.05) is 19.0 Å². The van der Waals surface area contributed by atoms with Gasteiger partial charge in [0.2, 0.25) is 5.82 Å². The number of aromatic nitrogens is 1. The quantitative estimate of drug-likeness (QED) is 0.630. The molecule has 4 rings (SSSR count). The van der Waals surface area contributed by atoms with Gasteiger partial charge in [0, 0.05) is 0 Å². The molecule has 34 heavy (non-hydrogen) atoms. The second-order valence-electron chi connectivity index (χ2n) is 8.05. The van der Waals surface area contributed by atoms with E-state index in [2.05, 4.69) is 15.0 Å². The molecule has 3 atom stereocenters. The molecule has 1 amide bonds. The highest BCUT2D eigenvalue weighted by Crippen LogP contribution is 2.32. The summed E-state index contributed by atoms with van der Waals surface area (Å²) in [6.45, 7) is 10.2. The van der Waals surface area contributed by atoms with Gasteiger partial charge in [-0.3, -0.25) is 9.78 Å². The molecule has 0 spiro atoms. The van der Waals surface area contributed by atoms with Crippen LogP contribution in [0.4, 0.5) is 14.5 Å². The lowest BCUT2D eigenvalue weighted by Gasteiger charge is -2.17. The number of ether oxygens (including phenoxy) is 4. The Kier molecular flexibility index (Phi) is 10.3. The van der Waals surface area contributed by atoms with Crippen LogP contribution in [0.15, 0.2) is 36.5 Å². The molecule has 0 saturated carbocycles. The minimum atomic E-state index is -0.940. The second-order valence-corrected chi connectivity index (χ2v) is 8.05. The smallest absolute Gasteiger partial charge is 0.253 e. The van der Waals surface area contributed by atoms with E-state index in [1.165, 1.54) is 19.2 Å². The van der Waals surface area contributed by atoms with Gasteiger partial charge in [-0.2, -0.15) is 4.39 Å². The van der Waals surface area contributed by atoms with Crippen LogP contribution in [0.25, 0.3) is 0 Å². The minimum Gasteiger partial charge on any atom is -0.494 e. The van der Waals surface area contributed by atoms with Crippen LogP contribution >= 0.6 is 0 Å². The van der Waals surface area contributed by atoms with Crippen molar-refractivity contribution in [1.82, 2.24) is 4.98 Å². The highest BCUT2D eigenvalue weighted by molar-refractivity contribution is 5.94. The Bertz CT molecular complexity index is 924. The van der Waals surface area contributed by atoms with E-state index in [1.54, 1.807) is 6.20 Å². The molecule has 2 aliphatic rings. The molecule has 1 aromatic heterocycles. The van der Waals surface area contributed by atoms with Gasteiger partial charge in [-0.1, -0.05) is 19.9 Å². The van der Waals surface area contributed by atoms with Gasteiger partial charge in [-0.15, -0.1) is 0 Å². The molecular formula is C25H34F2N2O5. The average Bonchev–Trinajstić information content (AvgIpc) is 3.43. The monoisotopic (exact) mass is 480 g/mol. The number of hydrogen-bond acceptors (Lipinski definition) is 6. The number of amides is 1. The molecule has 1 N–H and O–H groups in total. The first kappa shape index (κ1) is 27.6. The van der Waals surface area contributed by atoms with Gasteiger partial charge in [0.1, 0.15) is 12.2 Å². The molecule has 1 aromatic carbocycles. The summed E-state index contributed by atoms with van der Waals surface area (Å²) >= 11 is 0. The van der Waals surface area contributed by atoms with Crippen molar-refractivity contribution in [3.63, 3.8) is 0 Å². The predicted octanol–water partition coefficient (Wildman–Crippen LogP) is 5.41. The first-order valence-corrected chi connectivity index (χ1v) is 11.4. The van der Waals surface area contributed by atoms with E-state index in [9.17, 15) is 13.6 Å². The van der Waals surface area contributed by atoms with Crippen molar-refractivity contribution in [2.45, 2.75) is 71.6 Å². The Morgan fingerprint density at radius 1 is 1.18 bits per heavy atom. The van der Waals surface area contributed by atoms with E-state index >= 15 is 0 Å². The van der Waals surface area contributed by atoms with Crippen LogP contribution in [0, 0.1) is 11.6 Å². The Labute approximate surface area is 199 Å². The van der Waals surface area contributed by atoms with Crippen LogP contribution in [0.2, 0.25) is 0 Å². The molecule has 2 aromatic rings. The Balaban J connectivity index is 0.000000286. The zero-order chi connectivity index (χ0) is 25.3. The van der Waals surface area contributed by atoms with Crippen LogP contribution in [0.5, 0.6) is 5.75 Å². The molecule has 2 saturated heterocycles. The molecule has 9 heteroatoms. The summed E-state index contributed by atoms with van der Waals surface area (Å²) in [7, 11) is 1.29. The van der Waals surface area contributed by atoms with Crippen molar-refractivity contribution in [1.29, 1.82) is 0 Å². The number of nitrogens with one attached hydrogen (secondary N) is 1. The van der Waals surface area contributed by atoms with E-state index in [0.29, 0.717) is 12.3 Å². The maximum Gasteiger partial charge on any atom is 0.253 e. The second kappa shape index (κ2) is 12.7. The van der Waals surface area contributed by atoms with Crippen LogP contribution in [-0.2, 0) is 19.0 Å². The van der Waals surface area contributed by atoms with Gasteiger partial charge in [0.15, 0.2) is 17.4 Å². The summed E-state index contributed by atoms with van der Waals surface area (Å²) in [5.74, 6) is -2.58. The minimum absolute atomic E-state index is 0.0694. The molecule has 0 bridgehead atoms. The Hall–Kier alpha value is -2.62. The van der Waals surface area contributed by atoms with E-state index < -0.39 is 17.4 Å². The normalized spacial score (nSPS) is 22.6. The summed E-state index contributed by atoms with van der Waals surface area (Å²) in [6.07, 6.45) is 2.95. The van der Waals surface area contributed by atoms with Crippen molar-refractivity contribution in [3.05, 3.63) is 53.9 Å². The highest BCUT2D eigenvalue weighted by Gasteiger charge is 2.34. The zero-order valence-corrected chi connectivity index (χ0v) is 20.6. The number of rotatable bonds is 4. The number of anilines is 1. The summed E-state index contributed by atoms with van der Waals surface area (Å²) in [4.78, 5) is 16.4. The Morgan fingerprint density at radius 3 is 2.41 bits per heavy atom. The average molecular weight is 481 g/mol. The molecule has 2 fully saturated rings. The maximum absolute atomic E-state index is 12.5. The van der Waals surface area contributed by atoms with Crippen molar-refractivity contribution >= 4 is 11.6 Å². The van der Waals surface area contributed by atoms with Crippen LogP contribution < -0.4 is 10.1 Å². The zero-order valence-electron chi connectivity index (χ0n) is 20.6. The van der Waals surface area contributed by atoms with E-state index in [1.807, 2.05) is 46.8 Å². The van der Waals surface area contributed by atoms with Crippen LogP contribution in [-0.4, -0.2) is 42.6 Å². The fourth-order valence-electron chi connectivity index (χ4n) is 3.36. The SMILES string of the molecule is CC.CC1CC[C@H](C(=O)Nc2ccc(C3COC(C)(C)O3)nc2)O1.COc1cccc(F)c1F. The molecule has 0 radical (unpaired) electrons. The van der Waals surface area contributed by atoms with Crippen molar-refractivity contribution < 1.29 is 32.5 Å². The van der Waals surface area contributed by atoms with Gasteiger partial charge in [0.25, 0.3) is 5.91 Å². The molecule has 188 valence electrons. The van der Waals surface area contributed by atoms with Gasteiger partial charge in [-0.25, -0.2) is 4.39 Å². The van der Waals surface area contributed by atoms with Crippen molar-refractivity contribution in [2.24, 2.45) is 0 Å². The number of halogens is 2. The van der Waals surface area contributed by atoms with Crippen LogP contribution in [0.3, 0.4) is 0 Å². The number of hydrogen-bond donors (Lipinski definition) is 1. The third-order valence-corrected chi connectivity index (χ3v) is 5.05. The lowest BCUT2D eigenvalue weighted by atomic mass is 10.2. The van der Waals surface area contributed by atoms with Crippen LogP contribution in [0.1, 0.15) is 59.3 Å². The lowest BCUT2D eigenvalue weighted by molar-refractivity contribution is -0.139. The standard InChI is InChI=1S/C16H22N2O4.C7H6F2O.C2H6/c1-10-4-7-13(21-10)15(19)18-11-5-6-12(17-8-11)14-9-20-16(2,3)22-14;1-10-6-4-2-3-5(8)7(6)9;1-2/h5-6,8,10,13-14H,4,7,9H2,1-3H3,(H,18,19);2-4H,1H3;1-2H3/t10?,13-,14?;;/m1../s1. The Morgan fingerprint density at radius 2 is 1.91 bits per heavy atom. The number of benzene rings is 1. The fourth-order valence-corrected chi connectivity index (χ4v) is 3.36. The highest BCUT2D eigenvalue weighted by atomic mass is 19.2. The maximum atomic E-state index is 12.5. The van der Waals surface area contributed by atoms with E-state index in [0.717, 1.165) is 24.6 Å². The summed E-state index contributed by atoms with van der Waals surface area (Å²) in [5.41, 5.74) is 1.46. The predicted molar refractivity (Wildman–Crippen MR) is 125 cm³/mol. The van der Waals surface area contributed by atoms with Gasteiger partial charge in [-0.05, 0) is 57.9 Å². The molecule has 7 nitrogen and oxygen atoms in total. The van der Waals surface area contributed by atoms with E-state index in [-0.39, 0.29) is 30.0 Å². The number of carbonyl (C=O) groups is 1. The van der Waals surface area contributed by atoms with Gasteiger partial charge >= 0.3 is 0 Å². The van der Waals surface area contributed by atoms with Gasteiger partial charge in [0.05, 0.1) is 37.4 Å². The number of pyridine rings is 1. The molecular weight excluding hydrogens is 446 g/mol. The molecule has 0 aliphatic carbocycles. The third-order valence-electron chi connectivity index (χ3n) is 5.05. The summed E-state index contributed by atoms with van der Waals surface area (Å²) in [6, 6.07) is 7.46. The summed E-state index contributed by atoms with van der Waals surface area (Å²) in [5, 5.41) is 2.84. The number of nitrogens with zero attached hydrogens (tertiary/aromatic N) is 1. The van der Waals surface area contributed by atoms with Gasteiger partial charge < -0.3 is 24.3 Å². The third kappa shape index (κ3) is 7.72. The summed E-state index contributed by atoms with van der Waals surface area (Å²) < 4.78 is 46.2. The largest absolute Gasteiger partial charge is 0.494 e. The number of methoxy groups -OCH3 is 1. The lowest BCUT2D eigenvalue weighted by Crippen LogP contribution is -2.27.